The SMILES string of the molecule is C=CCSc1ccc(C(=O)/C=C/C(=O)O)cc1. The summed E-state index contributed by atoms with van der Waals surface area (Å²) in [7, 11) is 0. The number of carbonyl (C=O) groups is 2. The average Bonchev–Trinajstić information content (AvgIpc) is 2.34. The van der Waals surface area contributed by atoms with Gasteiger partial charge in [0.2, 0.25) is 0 Å². The smallest absolute Gasteiger partial charge is 0.328 e. The molecule has 88 valence electrons. The quantitative estimate of drug-likeness (QED) is 0.364. The van der Waals surface area contributed by atoms with Crippen LogP contribution in [0.3, 0.4) is 0 Å². The molecule has 0 bridgehead atoms. The molecule has 0 fully saturated rings. The molecule has 0 amide bonds. The van der Waals surface area contributed by atoms with E-state index in [9.17, 15) is 9.59 Å². The molecule has 0 saturated carbocycles. The third kappa shape index (κ3) is 4.70. The number of ketones is 1. The summed E-state index contributed by atoms with van der Waals surface area (Å²) in [5, 5.41) is 8.40. The maximum atomic E-state index is 11.5. The fourth-order valence-corrected chi connectivity index (χ4v) is 1.75. The van der Waals surface area contributed by atoms with Crippen molar-refractivity contribution in [2.45, 2.75) is 4.90 Å². The van der Waals surface area contributed by atoms with Crippen LogP contribution in [-0.4, -0.2) is 22.6 Å². The van der Waals surface area contributed by atoms with E-state index in [0.717, 1.165) is 22.8 Å². The van der Waals surface area contributed by atoms with E-state index in [4.69, 9.17) is 5.11 Å². The molecular weight excluding hydrogens is 236 g/mol. The van der Waals surface area contributed by atoms with Crippen molar-refractivity contribution >= 4 is 23.5 Å². The molecule has 17 heavy (non-hydrogen) atoms. The molecule has 1 N–H and O–H groups in total. The van der Waals surface area contributed by atoms with Crippen LogP contribution in [0.25, 0.3) is 0 Å². The summed E-state index contributed by atoms with van der Waals surface area (Å²) in [4.78, 5) is 22.8. The second-order valence-corrected chi connectivity index (χ2v) is 4.25. The highest BCUT2D eigenvalue weighted by Gasteiger charge is 2.02. The molecule has 3 nitrogen and oxygen atoms in total. The zero-order valence-electron chi connectivity index (χ0n) is 9.13. The Morgan fingerprint density at radius 1 is 1.24 bits per heavy atom. The number of hydrogen-bond acceptors (Lipinski definition) is 3. The van der Waals surface area contributed by atoms with Crippen LogP contribution in [0.5, 0.6) is 0 Å². The van der Waals surface area contributed by atoms with Gasteiger partial charge in [0.15, 0.2) is 5.78 Å². The van der Waals surface area contributed by atoms with Crippen molar-refractivity contribution in [1.82, 2.24) is 0 Å². The van der Waals surface area contributed by atoms with E-state index in [1.165, 1.54) is 0 Å². The van der Waals surface area contributed by atoms with Crippen molar-refractivity contribution in [1.29, 1.82) is 0 Å². The highest BCUT2D eigenvalue weighted by molar-refractivity contribution is 7.99. The van der Waals surface area contributed by atoms with Gasteiger partial charge in [-0.15, -0.1) is 18.3 Å². The minimum absolute atomic E-state index is 0.312. The van der Waals surface area contributed by atoms with Crippen LogP contribution in [-0.2, 0) is 4.79 Å². The molecule has 0 atom stereocenters. The van der Waals surface area contributed by atoms with E-state index < -0.39 is 5.97 Å². The summed E-state index contributed by atoms with van der Waals surface area (Å²) < 4.78 is 0. The summed E-state index contributed by atoms with van der Waals surface area (Å²) in [6.07, 6.45) is 3.69. The van der Waals surface area contributed by atoms with Crippen molar-refractivity contribution in [2.24, 2.45) is 0 Å². The van der Waals surface area contributed by atoms with E-state index in [-0.39, 0.29) is 5.78 Å². The fraction of sp³-hybridized carbons (Fsp3) is 0.0769. The highest BCUT2D eigenvalue weighted by Crippen LogP contribution is 2.18. The van der Waals surface area contributed by atoms with Crippen LogP contribution in [0.2, 0.25) is 0 Å². The second-order valence-electron chi connectivity index (χ2n) is 3.16. The zero-order valence-corrected chi connectivity index (χ0v) is 9.94. The lowest BCUT2D eigenvalue weighted by Crippen LogP contribution is -1.96. The van der Waals surface area contributed by atoms with E-state index in [2.05, 4.69) is 6.58 Å². The summed E-state index contributed by atoms with van der Waals surface area (Å²) in [5.74, 6) is -0.629. The highest BCUT2D eigenvalue weighted by atomic mass is 32.2. The lowest BCUT2D eigenvalue weighted by Gasteiger charge is -1.99. The van der Waals surface area contributed by atoms with Gasteiger partial charge in [-0.05, 0) is 30.3 Å². The van der Waals surface area contributed by atoms with Gasteiger partial charge in [-0.25, -0.2) is 4.79 Å². The number of benzene rings is 1. The monoisotopic (exact) mass is 248 g/mol. The van der Waals surface area contributed by atoms with Gasteiger partial charge >= 0.3 is 5.97 Å². The van der Waals surface area contributed by atoms with Crippen LogP contribution in [0, 0.1) is 0 Å². The lowest BCUT2D eigenvalue weighted by molar-refractivity contribution is -0.131. The predicted octanol–water partition coefficient (Wildman–Crippen LogP) is 2.79. The van der Waals surface area contributed by atoms with Gasteiger partial charge in [0.05, 0.1) is 0 Å². The Morgan fingerprint density at radius 3 is 2.41 bits per heavy atom. The van der Waals surface area contributed by atoms with Crippen LogP contribution >= 0.6 is 11.8 Å². The van der Waals surface area contributed by atoms with Gasteiger partial charge in [-0.2, -0.15) is 0 Å². The molecule has 1 rings (SSSR count). The number of aliphatic carboxylic acids is 1. The van der Waals surface area contributed by atoms with Gasteiger partial charge in [0, 0.05) is 22.3 Å². The van der Waals surface area contributed by atoms with Gasteiger partial charge in [0.1, 0.15) is 0 Å². The minimum atomic E-state index is -1.13. The second kappa shape index (κ2) is 6.70. The van der Waals surface area contributed by atoms with Crippen molar-refractivity contribution in [3.05, 3.63) is 54.6 Å². The van der Waals surface area contributed by atoms with E-state index in [1.807, 2.05) is 12.1 Å². The Bertz CT molecular complexity index is 446. The molecule has 0 aliphatic rings. The predicted molar refractivity (Wildman–Crippen MR) is 68.5 cm³/mol. The minimum Gasteiger partial charge on any atom is -0.478 e. The molecule has 0 aliphatic heterocycles. The van der Waals surface area contributed by atoms with Gasteiger partial charge in [-0.3, -0.25) is 4.79 Å². The number of hydrogen-bond donors (Lipinski definition) is 1. The van der Waals surface area contributed by atoms with Crippen molar-refractivity contribution in [3.63, 3.8) is 0 Å². The number of carbonyl (C=O) groups excluding carboxylic acids is 1. The third-order valence-corrected chi connectivity index (χ3v) is 2.89. The molecule has 0 heterocycles. The number of thioether (sulfide) groups is 1. The fourth-order valence-electron chi connectivity index (χ4n) is 1.11. The zero-order chi connectivity index (χ0) is 12.7. The average molecular weight is 248 g/mol. The summed E-state index contributed by atoms with van der Waals surface area (Å²) >= 11 is 1.62. The van der Waals surface area contributed by atoms with Crippen molar-refractivity contribution < 1.29 is 14.7 Å². The molecule has 1 aromatic carbocycles. The first kappa shape index (κ1) is 13.3. The number of carboxylic acid groups (broad SMARTS) is 1. The first-order valence-corrected chi connectivity index (χ1v) is 5.91. The first-order valence-electron chi connectivity index (χ1n) is 4.92. The third-order valence-electron chi connectivity index (χ3n) is 1.88. The Hall–Kier alpha value is -1.81. The van der Waals surface area contributed by atoms with Crippen LogP contribution < -0.4 is 0 Å². The Morgan fingerprint density at radius 2 is 1.88 bits per heavy atom. The number of allylic oxidation sites excluding steroid dienone is 1. The van der Waals surface area contributed by atoms with E-state index in [1.54, 1.807) is 30.0 Å². The lowest BCUT2D eigenvalue weighted by atomic mass is 10.1. The van der Waals surface area contributed by atoms with Crippen molar-refractivity contribution in [2.75, 3.05) is 5.75 Å². The topological polar surface area (TPSA) is 54.4 Å². The molecule has 0 spiro atoms. The molecule has 1 aromatic rings. The summed E-state index contributed by atoms with van der Waals surface area (Å²) in [5.41, 5.74) is 0.477. The standard InChI is InChI=1S/C13H12O3S/c1-2-9-17-11-5-3-10(4-6-11)12(14)7-8-13(15)16/h2-8H,1,9H2,(H,15,16)/b8-7+. The van der Waals surface area contributed by atoms with Gasteiger partial charge < -0.3 is 5.11 Å². The van der Waals surface area contributed by atoms with Crippen molar-refractivity contribution in [3.8, 4) is 0 Å². The largest absolute Gasteiger partial charge is 0.478 e. The summed E-state index contributed by atoms with van der Waals surface area (Å²) in [6, 6.07) is 7.02. The van der Waals surface area contributed by atoms with Gasteiger partial charge in [0.25, 0.3) is 0 Å². The summed E-state index contributed by atoms with van der Waals surface area (Å²) in [6.45, 7) is 3.62. The molecular formula is C13H12O3S. The first-order chi connectivity index (χ1) is 8.13. The maximum absolute atomic E-state index is 11.5. The Labute approximate surface area is 104 Å². The Kier molecular flexibility index (Phi) is 5.23. The number of carboxylic acids is 1. The molecule has 0 saturated heterocycles. The molecule has 0 aliphatic carbocycles. The molecule has 4 heteroatoms. The molecule has 0 unspecified atom stereocenters. The van der Waals surface area contributed by atoms with Crippen LogP contribution in [0.15, 0.2) is 54.0 Å². The molecule has 0 radical (unpaired) electrons. The number of rotatable bonds is 6. The Balaban J connectivity index is 2.70. The van der Waals surface area contributed by atoms with E-state index >= 15 is 0 Å². The van der Waals surface area contributed by atoms with Crippen LogP contribution in [0.1, 0.15) is 10.4 Å². The maximum Gasteiger partial charge on any atom is 0.328 e. The van der Waals surface area contributed by atoms with Gasteiger partial charge in [-0.1, -0.05) is 6.08 Å². The van der Waals surface area contributed by atoms with Crippen LogP contribution in [0.4, 0.5) is 0 Å². The molecule has 0 aromatic heterocycles. The van der Waals surface area contributed by atoms with E-state index in [0.29, 0.717) is 5.56 Å². The normalized spacial score (nSPS) is 10.4.